The van der Waals surface area contributed by atoms with Gasteiger partial charge in [0.15, 0.2) is 0 Å². The van der Waals surface area contributed by atoms with Crippen LogP contribution in [0, 0.1) is 5.92 Å². The van der Waals surface area contributed by atoms with Crippen LogP contribution in [0.15, 0.2) is 18.2 Å². The molecule has 1 amide bonds. The van der Waals surface area contributed by atoms with E-state index in [1.54, 1.807) is 12.1 Å². The lowest BCUT2D eigenvalue weighted by Crippen LogP contribution is -2.51. The molecule has 114 valence electrons. The maximum Gasteiger partial charge on any atom is 0.240 e. The van der Waals surface area contributed by atoms with Gasteiger partial charge in [-0.05, 0) is 55.0 Å². The number of phenols is 1. The molecule has 2 heterocycles. The van der Waals surface area contributed by atoms with Crippen LogP contribution in [0.3, 0.4) is 0 Å². The highest BCUT2D eigenvalue weighted by molar-refractivity contribution is 5.82. The Bertz CT molecular complexity index is 530. The number of benzene rings is 1. The van der Waals surface area contributed by atoms with Gasteiger partial charge in [-0.1, -0.05) is 19.4 Å². The number of nitrogens with zero attached hydrogens (tertiary/aromatic N) is 1. The second kappa shape index (κ2) is 6.06. The van der Waals surface area contributed by atoms with Gasteiger partial charge in [-0.2, -0.15) is 0 Å². The third-order valence-electron chi connectivity index (χ3n) is 4.90. The Morgan fingerprint density at radius 3 is 3.10 bits per heavy atom. The Kier molecular flexibility index (Phi) is 4.15. The third-order valence-corrected chi connectivity index (χ3v) is 4.90. The fraction of sp³-hybridized carbons (Fsp3) is 0.588. The molecule has 0 aliphatic carbocycles. The van der Waals surface area contributed by atoms with Gasteiger partial charge in [0, 0.05) is 13.1 Å². The summed E-state index contributed by atoms with van der Waals surface area (Å²) in [7, 11) is 0. The zero-order valence-corrected chi connectivity index (χ0v) is 12.6. The van der Waals surface area contributed by atoms with Gasteiger partial charge in [0.05, 0.1) is 6.04 Å². The van der Waals surface area contributed by atoms with E-state index in [4.69, 9.17) is 0 Å². The SMILES string of the molecule is CCC1CCNC(C(=O)N2CCc3ccc(O)cc3C2)C1. The molecular formula is C17H24N2O2. The largest absolute Gasteiger partial charge is 0.508 e. The van der Waals surface area contributed by atoms with E-state index in [2.05, 4.69) is 12.2 Å². The Morgan fingerprint density at radius 1 is 1.43 bits per heavy atom. The van der Waals surface area contributed by atoms with Crippen LogP contribution in [-0.4, -0.2) is 35.0 Å². The summed E-state index contributed by atoms with van der Waals surface area (Å²) < 4.78 is 0. The van der Waals surface area contributed by atoms with E-state index in [9.17, 15) is 9.90 Å². The van der Waals surface area contributed by atoms with Gasteiger partial charge in [-0.3, -0.25) is 4.79 Å². The number of piperidine rings is 1. The highest BCUT2D eigenvalue weighted by atomic mass is 16.3. The molecule has 2 unspecified atom stereocenters. The molecule has 0 aromatic heterocycles. The minimum Gasteiger partial charge on any atom is -0.508 e. The van der Waals surface area contributed by atoms with Crippen molar-refractivity contribution in [2.75, 3.05) is 13.1 Å². The predicted octanol–water partition coefficient (Wildman–Crippen LogP) is 2.06. The van der Waals surface area contributed by atoms with Crippen LogP contribution < -0.4 is 5.32 Å². The van der Waals surface area contributed by atoms with Crippen LogP contribution in [-0.2, 0) is 17.8 Å². The first-order valence-corrected chi connectivity index (χ1v) is 8.00. The smallest absolute Gasteiger partial charge is 0.240 e. The van der Waals surface area contributed by atoms with Crippen molar-refractivity contribution in [2.45, 2.75) is 45.2 Å². The minimum atomic E-state index is -0.0254. The van der Waals surface area contributed by atoms with Crippen molar-refractivity contribution in [2.24, 2.45) is 5.92 Å². The lowest BCUT2D eigenvalue weighted by Gasteiger charge is -2.35. The Morgan fingerprint density at radius 2 is 2.29 bits per heavy atom. The number of carbonyl (C=O) groups is 1. The molecule has 0 radical (unpaired) electrons. The molecule has 0 bridgehead atoms. The number of hydrogen-bond acceptors (Lipinski definition) is 3. The van der Waals surface area contributed by atoms with Crippen molar-refractivity contribution >= 4 is 5.91 Å². The van der Waals surface area contributed by atoms with Gasteiger partial charge in [-0.15, -0.1) is 0 Å². The zero-order chi connectivity index (χ0) is 14.8. The standard InChI is InChI=1S/C17H24N2O2/c1-2-12-5-7-18-16(9-12)17(21)19-8-6-13-3-4-15(20)10-14(13)11-19/h3-4,10,12,16,18,20H,2,5-9,11H2,1H3. The quantitative estimate of drug-likeness (QED) is 0.876. The molecule has 1 aromatic rings. The van der Waals surface area contributed by atoms with Crippen LogP contribution in [0.5, 0.6) is 5.75 Å². The molecule has 4 nitrogen and oxygen atoms in total. The van der Waals surface area contributed by atoms with Crippen molar-refractivity contribution in [3.8, 4) is 5.75 Å². The number of fused-ring (bicyclic) bond motifs is 1. The molecule has 3 rings (SSSR count). The van der Waals surface area contributed by atoms with Crippen molar-refractivity contribution in [1.82, 2.24) is 10.2 Å². The van der Waals surface area contributed by atoms with Crippen molar-refractivity contribution in [1.29, 1.82) is 0 Å². The molecule has 1 saturated heterocycles. The molecule has 1 fully saturated rings. The molecule has 0 saturated carbocycles. The van der Waals surface area contributed by atoms with Crippen LogP contribution in [0.25, 0.3) is 0 Å². The average Bonchev–Trinajstić information content (AvgIpc) is 2.53. The maximum atomic E-state index is 12.7. The van der Waals surface area contributed by atoms with E-state index < -0.39 is 0 Å². The first-order valence-electron chi connectivity index (χ1n) is 8.00. The number of aromatic hydroxyl groups is 1. The predicted molar refractivity (Wildman–Crippen MR) is 82.0 cm³/mol. The Hall–Kier alpha value is -1.55. The lowest BCUT2D eigenvalue weighted by atomic mass is 9.89. The van der Waals surface area contributed by atoms with Gasteiger partial charge in [-0.25, -0.2) is 0 Å². The number of hydrogen-bond donors (Lipinski definition) is 2. The third kappa shape index (κ3) is 3.05. The summed E-state index contributed by atoms with van der Waals surface area (Å²) in [5.41, 5.74) is 2.33. The second-order valence-electron chi connectivity index (χ2n) is 6.27. The molecule has 0 spiro atoms. The van der Waals surface area contributed by atoms with Gasteiger partial charge < -0.3 is 15.3 Å². The summed E-state index contributed by atoms with van der Waals surface area (Å²) in [5, 5.41) is 13.0. The Labute approximate surface area is 126 Å². The average molecular weight is 288 g/mol. The number of rotatable bonds is 2. The summed E-state index contributed by atoms with van der Waals surface area (Å²) in [6.45, 7) is 4.56. The normalized spacial score (nSPS) is 25.5. The monoisotopic (exact) mass is 288 g/mol. The number of amides is 1. The summed E-state index contributed by atoms with van der Waals surface area (Å²) in [6.07, 6.45) is 4.17. The lowest BCUT2D eigenvalue weighted by molar-refractivity contribution is -0.135. The van der Waals surface area contributed by atoms with Crippen LogP contribution in [0.1, 0.15) is 37.3 Å². The van der Waals surface area contributed by atoms with E-state index in [0.717, 1.165) is 37.9 Å². The summed E-state index contributed by atoms with van der Waals surface area (Å²) in [5.74, 6) is 1.17. The van der Waals surface area contributed by atoms with Crippen molar-refractivity contribution < 1.29 is 9.90 Å². The van der Waals surface area contributed by atoms with Gasteiger partial charge in [0.1, 0.15) is 5.75 Å². The van der Waals surface area contributed by atoms with E-state index in [-0.39, 0.29) is 17.7 Å². The molecule has 1 aromatic carbocycles. The van der Waals surface area contributed by atoms with Gasteiger partial charge in [0.25, 0.3) is 0 Å². The van der Waals surface area contributed by atoms with Gasteiger partial charge >= 0.3 is 0 Å². The highest BCUT2D eigenvalue weighted by Gasteiger charge is 2.31. The molecule has 4 heteroatoms. The molecule has 2 N–H and O–H groups in total. The molecule has 2 aliphatic rings. The highest BCUT2D eigenvalue weighted by Crippen LogP contribution is 2.25. The molecule has 21 heavy (non-hydrogen) atoms. The fourth-order valence-corrected chi connectivity index (χ4v) is 3.51. The van der Waals surface area contributed by atoms with E-state index in [0.29, 0.717) is 12.5 Å². The van der Waals surface area contributed by atoms with E-state index >= 15 is 0 Å². The first kappa shape index (κ1) is 14.4. The fourth-order valence-electron chi connectivity index (χ4n) is 3.51. The molecule has 2 aliphatic heterocycles. The number of phenolic OH excluding ortho intramolecular Hbond substituents is 1. The Balaban J connectivity index is 1.69. The summed E-state index contributed by atoms with van der Waals surface area (Å²) in [6, 6.07) is 5.46. The molecule has 2 atom stereocenters. The van der Waals surface area contributed by atoms with E-state index in [1.165, 1.54) is 12.0 Å². The summed E-state index contributed by atoms with van der Waals surface area (Å²) in [4.78, 5) is 14.7. The van der Waals surface area contributed by atoms with Crippen LogP contribution in [0.2, 0.25) is 0 Å². The van der Waals surface area contributed by atoms with Crippen molar-refractivity contribution in [3.63, 3.8) is 0 Å². The number of nitrogens with one attached hydrogen (secondary N) is 1. The van der Waals surface area contributed by atoms with Crippen molar-refractivity contribution in [3.05, 3.63) is 29.3 Å². The first-order chi connectivity index (χ1) is 10.2. The second-order valence-corrected chi connectivity index (χ2v) is 6.27. The van der Waals surface area contributed by atoms with E-state index in [1.807, 2.05) is 11.0 Å². The topological polar surface area (TPSA) is 52.6 Å². The summed E-state index contributed by atoms with van der Waals surface area (Å²) >= 11 is 0. The van der Waals surface area contributed by atoms with Crippen LogP contribution in [0.4, 0.5) is 0 Å². The van der Waals surface area contributed by atoms with Crippen LogP contribution >= 0.6 is 0 Å². The maximum absolute atomic E-state index is 12.7. The zero-order valence-electron chi connectivity index (χ0n) is 12.6. The van der Waals surface area contributed by atoms with Gasteiger partial charge in [0.2, 0.25) is 5.91 Å². The minimum absolute atomic E-state index is 0.0254. The number of carbonyl (C=O) groups excluding carboxylic acids is 1. The molecular weight excluding hydrogens is 264 g/mol.